The highest BCUT2D eigenvalue weighted by Gasteiger charge is 2.24. The maximum Gasteiger partial charge on any atom is 0.133 e. The highest BCUT2D eigenvalue weighted by Crippen LogP contribution is 2.36. The van der Waals surface area contributed by atoms with E-state index in [1.165, 1.54) is 32.1 Å². The Morgan fingerprint density at radius 1 is 1.24 bits per heavy atom. The lowest BCUT2D eigenvalue weighted by Crippen LogP contribution is -2.11. The van der Waals surface area contributed by atoms with Gasteiger partial charge in [-0.05, 0) is 26.7 Å². The summed E-state index contributed by atoms with van der Waals surface area (Å²) >= 11 is 0. The molecule has 2 aromatic heterocycles. The molecule has 5 nitrogen and oxygen atoms in total. The molecule has 1 aliphatic carbocycles. The largest absolute Gasteiger partial charge is 0.383 e. The topological polar surface area (TPSA) is 61.7 Å². The predicted octanol–water partition coefficient (Wildman–Crippen LogP) is 3.49. The van der Waals surface area contributed by atoms with Crippen LogP contribution < -0.4 is 5.73 Å². The summed E-state index contributed by atoms with van der Waals surface area (Å²) in [5.74, 6) is 2.44. The smallest absolute Gasteiger partial charge is 0.133 e. The Morgan fingerprint density at radius 3 is 2.62 bits per heavy atom. The Kier molecular flexibility index (Phi) is 3.74. The van der Waals surface area contributed by atoms with Gasteiger partial charge in [-0.1, -0.05) is 19.3 Å². The SMILES string of the molecule is CC(C)n1cncc1-c1nc(C2CCCCC2)n(C)c1N. The molecule has 0 unspecified atom stereocenters. The monoisotopic (exact) mass is 287 g/mol. The van der Waals surface area contributed by atoms with E-state index in [1.54, 1.807) is 0 Å². The molecule has 0 bridgehead atoms. The number of hydrogen-bond acceptors (Lipinski definition) is 3. The minimum atomic E-state index is 0.349. The summed E-state index contributed by atoms with van der Waals surface area (Å²) in [6, 6.07) is 0.349. The van der Waals surface area contributed by atoms with Crippen molar-refractivity contribution < 1.29 is 0 Å². The van der Waals surface area contributed by atoms with Crippen LogP contribution in [0, 0.1) is 0 Å². The molecule has 0 spiro atoms. The molecule has 0 atom stereocenters. The molecule has 0 amide bonds. The Bertz CT molecular complexity index is 617. The summed E-state index contributed by atoms with van der Waals surface area (Å²) in [4.78, 5) is 9.17. The molecule has 2 N–H and O–H groups in total. The number of hydrogen-bond donors (Lipinski definition) is 1. The van der Waals surface area contributed by atoms with Gasteiger partial charge in [-0.25, -0.2) is 9.97 Å². The zero-order chi connectivity index (χ0) is 15.0. The van der Waals surface area contributed by atoms with Crippen LogP contribution in [0.4, 0.5) is 5.82 Å². The summed E-state index contributed by atoms with van der Waals surface area (Å²) in [6.07, 6.45) is 10.1. The second-order valence-corrected chi connectivity index (χ2v) is 6.38. The maximum atomic E-state index is 6.33. The van der Waals surface area contributed by atoms with Crippen molar-refractivity contribution in [3.63, 3.8) is 0 Å². The van der Waals surface area contributed by atoms with Crippen LogP contribution in [-0.2, 0) is 7.05 Å². The van der Waals surface area contributed by atoms with Crippen molar-refractivity contribution in [2.24, 2.45) is 7.05 Å². The second-order valence-electron chi connectivity index (χ2n) is 6.38. The summed E-state index contributed by atoms with van der Waals surface area (Å²) in [5.41, 5.74) is 8.22. The quantitative estimate of drug-likeness (QED) is 0.940. The fourth-order valence-corrected chi connectivity index (χ4v) is 3.34. The Balaban J connectivity index is 2.02. The third-order valence-corrected chi connectivity index (χ3v) is 4.61. The molecule has 1 saturated carbocycles. The van der Waals surface area contributed by atoms with Gasteiger partial charge in [-0.2, -0.15) is 0 Å². The average Bonchev–Trinajstić information content (AvgIpc) is 3.07. The molecule has 114 valence electrons. The van der Waals surface area contributed by atoms with Gasteiger partial charge >= 0.3 is 0 Å². The zero-order valence-electron chi connectivity index (χ0n) is 13.2. The number of aromatic nitrogens is 4. The van der Waals surface area contributed by atoms with Crippen LogP contribution in [0.1, 0.15) is 63.7 Å². The summed E-state index contributed by atoms with van der Waals surface area (Å²) in [7, 11) is 2.03. The fraction of sp³-hybridized carbons (Fsp3) is 0.625. The van der Waals surface area contributed by atoms with Crippen molar-refractivity contribution in [1.29, 1.82) is 0 Å². The van der Waals surface area contributed by atoms with E-state index in [1.807, 2.05) is 19.6 Å². The van der Waals surface area contributed by atoms with E-state index >= 15 is 0 Å². The molecule has 2 aromatic rings. The van der Waals surface area contributed by atoms with E-state index in [9.17, 15) is 0 Å². The van der Waals surface area contributed by atoms with Crippen molar-refractivity contribution in [2.75, 3.05) is 5.73 Å². The van der Waals surface area contributed by atoms with Crippen LogP contribution in [0.5, 0.6) is 0 Å². The van der Waals surface area contributed by atoms with Crippen molar-refractivity contribution in [3.8, 4) is 11.4 Å². The average molecular weight is 287 g/mol. The van der Waals surface area contributed by atoms with Gasteiger partial charge < -0.3 is 14.9 Å². The van der Waals surface area contributed by atoms with E-state index < -0.39 is 0 Å². The van der Waals surface area contributed by atoms with Gasteiger partial charge in [0.25, 0.3) is 0 Å². The highest BCUT2D eigenvalue weighted by atomic mass is 15.2. The van der Waals surface area contributed by atoms with Gasteiger partial charge in [0.2, 0.25) is 0 Å². The fourth-order valence-electron chi connectivity index (χ4n) is 3.34. The van der Waals surface area contributed by atoms with E-state index in [2.05, 4.69) is 28.0 Å². The van der Waals surface area contributed by atoms with Crippen LogP contribution in [0.15, 0.2) is 12.5 Å². The molecule has 0 aliphatic heterocycles. The number of nitrogens with zero attached hydrogens (tertiary/aromatic N) is 4. The first-order valence-electron chi connectivity index (χ1n) is 7.94. The van der Waals surface area contributed by atoms with Crippen molar-refractivity contribution in [3.05, 3.63) is 18.3 Å². The van der Waals surface area contributed by atoms with Crippen LogP contribution in [0.25, 0.3) is 11.4 Å². The molecule has 21 heavy (non-hydrogen) atoms. The number of rotatable bonds is 3. The van der Waals surface area contributed by atoms with Gasteiger partial charge in [0.15, 0.2) is 0 Å². The van der Waals surface area contributed by atoms with Crippen LogP contribution >= 0.6 is 0 Å². The maximum absolute atomic E-state index is 6.33. The van der Waals surface area contributed by atoms with Gasteiger partial charge in [-0.3, -0.25) is 0 Å². The van der Waals surface area contributed by atoms with Gasteiger partial charge in [0.05, 0.1) is 18.2 Å². The molecule has 0 radical (unpaired) electrons. The number of imidazole rings is 2. The first kappa shape index (κ1) is 14.2. The Morgan fingerprint density at radius 2 is 1.95 bits per heavy atom. The minimum Gasteiger partial charge on any atom is -0.383 e. The molecule has 1 fully saturated rings. The first-order chi connectivity index (χ1) is 10.1. The molecule has 3 rings (SSSR count). The zero-order valence-corrected chi connectivity index (χ0v) is 13.2. The lowest BCUT2D eigenvalue weighted by Gasteiger charge is -2.21. The summed E-state index contributed by atoms with van der Waals surface area (Å²) < 4.78 is 4.20. The van der Waals surface area contributed by atoms with E-state index in [-0.39, 0.29) is 0 Å². The lowest BCUT2D eigenvalue weighted by atomic mass is 9.89. The standard InChI is InChI=1S/C16H25N5/c1-11(2)21-10-18-9-13(21)14-15(17)20(3)16(19-14)12-7-5-4-6-8-12/h9-12H,4-8,17H2,1-3H3. The first-order valence-corrected chi connectivity index (χ1v) is 7.94. The lowest BCUT2D eigenvalue weighted by molar-refractivity contribution is 0.422. The Hall–Kier alpha value is -1.78. The summed E-state index contributed by atoms with van der Waals surface area (Å²) in [6.45, 7) is 4.29. The van der Waals surface area contributed by atoms with Gasteiger partial charge in [0.1, 0.15) is 17.3 Å². The third-order valence-electron chi connectivity index (χ3n) is 4.61. The minimum absolute atomic E-state index is 0.349. The molecular formula is C16H25N5. The molecule has 0 aromatic carbocycles. The molecule has 2 heterocycles. The normalized spacial score (nSPS) is 16.8. The van der Waals surface area contributed by atoms with E-state index in [0.29, 0.717) is 12.0 Å². The van der Waals surface area contributed by atoms with E-state index in [4.69, 9.17) is 10.7 Å². The van der Waals surface area contributed by atoms with Crippen LogP contribution in [0.2, 0.25) is 0 Å². The Labute approximate surface area is 126 Å². The number of anilines is 1. The molecular weight excluding hydrogens is 262 g/mol. The highest BCUT2D eigenvalue weighted by molar-refractivity contribution is 5.68. The summed E-state index contributed by atoms with van der Waals surface area (Å²) in [5, 5.41) is 0. The van der Waals surface area contributed by atoms with E-state index in [0.717, 1.165) is 23.0 Å². The van der Waals surface area contributed by atoms with Gasteiger partial charge in [0, 0.05) is 19.0 Å². The molecule has 5 heteroatoms. The molecule has 0 saturated heterocycles. The van der Waals surface area contributed by atoms with Crippen LogP contribution in [-0.4, -0.2) is 19.1 Å². The van der Waals surface area contributed by atoms with Crippen molar-refractivity contribution in [2.45, 2.75) is 57.9 Å². The third kappa shape index (κ3) is 2.45. The van der Waals surface area contributed by atoms with Gasteiger partial charge in [-0.15, -0.1) is 0 Å². The second kappa shape index (κ2) is 5.54. The number of nitrogen functional groups attached to an aromatic ring is 1. The predicted molar refractivity (Wildman–Crippen MR) is 85.1 cm³/mol. The van der Waals surface area contributed by atoms with Crippen molar-refractivity contribution in [1.82, 2.24) is 19.1 Å². The molecule has 1 aliphatic rings. The van der Waals surface area contributed by atoms with Crippen molar-refractivity contribution >= 4 is 5.82 Å². The van der Waals surface area contributed by atoms with Crippen LogP contribution in [0.3, 0.4) is 0 Å². The number of nitrogens with two attached hydrogens (primary N) is 1.